The molecular weight excluding hydrogens is 648 g/mol. The first-order valence-corrected chi connectivity index (χ1v) is 19.0. The number of nitrogens with one attached hydrogen (secondary N) is 1. The van der Waals surface area contributed by atoms with Crippen molar-refractivity contribution in [2.24, 2.45) is 17.1 Å². The number of fused-ring (bicyclic) bond motifs is 3. The number of amides is 2. The van der Waals surface area contributed by atoms with Gasteiger partial charge in [0.15, 0.2) is 5.78 Å². The molecule has 6 rings (SSSR count). The highest BCUT2D eigenvalue weighted by molar-refractivity contribution is 7.90. The number of sulfonamides is 1. The topological polar surface area (TPSA) is 167 Å². The quantitative estimate of drug-likeness (QED) is 0.384. The molecule has 266 valence electrons. The van der Waals surface area contributed by atoms with Crippen molar-refractivity contribution >= 4 is 38.5 Å². The number of ketones is 1. The molecule has 2 amide bonds. The van der Waals surface area contributed by atoms with Gasteiger partial charge in [0.05, 0.1) is 48.0 Å². The van der Waals surface area contributed by atoms with E-state index >= 15 is 0 Å². The van der Waals surface area contributed by atoms with Crippen LogP contribution in [0.3, 0.4) is 0 Å². The van der Waals surface area contributed by atoms with Gasteiger partial charge in [0, 0.05) is 29.9 Å². The van der Waals surface area contributed by atoms with Crippen molar-refractivity contribution in [3.8, 4) is 17.4 Å². The molecule has 3 N–H and O–H groups in total. The number of rotatable bonds is 8. The van der Waals surface area contributed by atoms with E-state index < -0.39 is 44.8 Å². The molecule has 0 spiro atoms. The standard InChI is InChI=1S/C36H48N4O8S/c1-21(2)47-32-17-31(26-14-15-30(46-4)22(3)33(26)38-32)48-24-16-28-29(41)19-36(35(43)39-49(44,45)25-12-13-25)18-23(36)10-8-6-5-7-9-11-27(37)34(42)40(28)20-24/h8,10,14-15,17,21,23-25,27-28H,5-7,9,11-13,16,18-20,37H2,1-4H3,(H,39,43)/b10-8-/t23-,24+,27-,28-,36+/m0/s1. The number of ether oxygens (including phenoxy) is 3. The Kier molecular flexibility index (Phi) is 9.96. The first-order chi connectivity index (χ1) is 23.3. The molecule has 49 heavy (non-hydrogen) atoms. The minimum atomic E-state index is -3.80. The summed E-state index contributed by atoms with van der Waals surface area (Å²) in [6, 6.07) is 3.76. The Labute approximate surface area is 288 Å². The molecular formula is C36H48N4O8S. The molecule has 0 unspecified atom stereocenters. The lowest BCUT2D eigenvalue weighted by Gasteiger charge is -2.27. The van der Waals surface area contributed by atoms with E-state index in [1.54, 1.807) is 13.2 Å². The molecule has 3 fully saturated rings. The van der Waals surface area contributed by atoms with E-state index in [9.17, 15) is 22.8 Å². The second-order valence-corrected chi connectivity index (χ2v) is 16.3. The van der Waals surface area contributed by atoms with Crippen LogP contribution in [0.2, 0.25) is 0 Å². The fourth-order valence-corrected chi connectivity index (χ4v) is 8.63. The maximum absolute atomic E-state index is 14.3. The molecule has 0 radical (unpaired) electrons. The molecule has 0 bridgehead atoms. The summed E-state index contributed by atoms with van der Waals surface area (Å²) in [5.41, 5.74) is 6.71. The zero-order chi connectivity index (χ0) is 35.1. The summed E-state index contributed by atoms with van der Waals surface area (Å²) in [6.45, 7) is 5.84. The average Bonchev–Trinajstić information content (AvgIpc) is 3.97. The normalized spacial score (nSPS) is 28.7. The summed E-state index contributed by atoms with van der Waals surface area (Å²) in [7, 11) is -2.21. The Morgan fingerprint density at radius 1 is 1.12 bits per heavy atom. The van der Waals surface area contributed by atoms with E-state index in [0.717, 1.165) is 36.6 Å². The third-order valence-corrected chi connectivity index (χ3v) is 12.1. The molecule has 1 aromatic heterocycles. The van der Waals surface area contributed by atoms with E-state index in [4.69, 9.17) is 24.9 Å². The smallest absolute Gasteiger partial charge is 0.240 e. The van der Waals surface area contributed by atoms with Crippen molar-refractivity contribution in [1.82, 2.24) is 14.6 Å². The molecule has 13 heteroatoms. The van der Waals surface area contributed by atoms with Crippen LogP contribution in [0.5, 0.6) is 17.4 Å². The second-order valence-electron chi connectivity index (χ2n) is 14.4. The van der Waals surface area contributed by atoms with Crippen molar-refractivity contribution < 1.29 is 37.0 Å². The van der Waals surface area contributed by atoms with Gasteiger partial charge in [-0.1, -0.05) is 25.0 Å². The third-order valence-electron chi connectivity index (χ3n) is 10.3. The Balaban J connectivity index is 1.31. The highest BCUT2D eigenvalue weighted by Crippen LogP contribution is 2.57. The summed E-state index contributed by atoms with van der Waals surface area (Å²) < 4.78 is 45.9. The molecule has 2 aliphatic heterocycles. The number of hydrogen-bond acceptors (Lipinski definition) is 10. The molecule has 5 atom stereocenters. The maximum Gasteiger partial charge on any atom is 0.240 e. The number of aryl methyl sites for hydroxylation is 1. The van der Waals surface area contributed by atoms with Crippen LogP contribution in [0.25, 0.3) is 10.9 Å². The van der Waals surface area contributed by atoms with Crippen molar-refractivity contribution in [2.75, 3.05) is 13.7 Å². The van der Waals surface area contributed by atoms with Crippen molar-refractivity contribution in [3.05, 3.63) is 35.9 Å². The van der Waals surface area contributed by atoms with Gasteiger partial charge < -0.3 is 24.8 Å². The Hall–Kier alpha value is -3.71. The van der Waals surface area contributed by atoms with E-state index in [1.807, 2.05) is 45.1 Å². The van der Waals surface area contributed by atoms with Crippen LogP contribution < -0.4 is 24.7 Å². The molecule has 2 aliphatic carbocycles. The number of hydrogen-bond donors (Lipinski definition) is 2. The van der Waals surface area contributed by atoms with Crippen LogP contribution in [-0.4, -0.2) is 79.1 Å². The van der Waals surface area contributed by atoms with Crippen LogP contribution in [0, 0.1) is 18.3 Å². The lowest BCUT2D eigenvalue weighted by molar-refractivity contribution is -0.140. The van der Waals surface area contributed by atoms with E-state index in [2.05, 4.69) is 4.72 Å². The SMILES string of the molecule is COc1ccc2c(O[C@@H]3C[C@H]4C(=O)C[C@]5(C(=O)NS(=O)(=O)C6CC6)C[C@@H]5/C=C\CCCCC[C@H](N)C(=O)N4C3)cc(OC(C)C)nc2c1C. The minimum Gasteiger partial charge on any atom is -0.496 e. The van der Waals surface area contributed by atoms with Gasteiger partial charge in [-0.25, -0.2) is 13.4 Å². The molecule has 2 saturated carbocycles. The third kappa shape index (κ3) is 7.42. The predicted octanol–water partition coefficient (Wildman–Crippen LogP) is 4.11. The number of pyridine rings is 1. The van der Waals surface area contributed by atoms with Gasteiger partial charge in [0.1, 0.15) is 17.6 Å². The van der Waals surface area contributed by atoms with Gasteiger partial charge in [0.25, 0.3) is 0 Å². The highest BCUT2D eigenvalue weighted by Gasteiger charge is 2.61. The Morgan fingerprint density at radius 3 is 2.61 bits per heavy atom. The minimum absolute atomic E-state index is 0.126. The number of benzene rings is 1. The van der Waals surface area contributed by atoms with Gasteiger partial charge in [-0.15, -0.1) is 0 Å². The van der Waals surface area contributed by atoms with Gasteiger partial charge in [-0.2, -0.15) is 0 Å². The lowest BCUT2D eigenvalue weighted by Crippen LogP contribution is -2.49. The number of aromatic nitrogens is 1. The number of carbonyl (C=O) groups excluding carboxylic acids is 3. The van der Waals surface area contributed by atoms with E-state index in [-0.39, 0.29) is 43.1 Å². The zero-order valence-corrected chi connectivity index (χ0v) is 29.6. The van der Waals surface area contributed by atoms with Gasteiger partial charge in [-0.3, -0.25) is 19.1 Å². The van der Waals surface area contributed by atoms with Gasteiger partial charge in [-0.05, 0) is 77.3 Å². The van der Waals surface area contributed by atoms with Crippen molar-refractivity contribution in [1.29, 1.82) is 0 Å². The Morgan fingerprint density at radius 2 is 1.90 bits per heavy atom. The molecule has 1 saturated heterocycles. The van der Waals surface area contributed by atoms with Crippen LogP contribution in [0.4, 0.5) is 0 Å². The summed E-state index contributed by atoms with van der Waals surface area (Å²) >= 11 is 0. The predicted molar refractivity (Wildman–Crippen MR) is 184 cm³/mol. The molecule has 12 nitrogen and oxygen atoms in total. The van der Waals surface area contributed by atoms with Crippen LogP contribution in [0.15, 0.2) is 30.4 Å². The van der Waals surface area contributed by atoms with Crippen LogP contribution in [0.1, 0.15) is 83.6 Å². The molecule has 1 aromatic carbocycles. The number of Topliss-reactive ketones (excluding diaryl/α,β-unsaturated/α-hetero) is 1. The first-order valence-electron chi connectivity index (χ1n) is 17.5. The fourth-order valence-electron chi connectivity index (χ4n) is 7.24. The number of nitrogens with two attached hydrogens (primary N) is 1. The monoisotopic (exact) mass is 696 g/mol. The summed E-state index contributed by atoms with van der Waals surface area (Å²) in [6.07, 6.45) is 8.50. The zero-order valence-electron chi connectivity index (χ0n) is 28.8. The highest BCUT2D eigenvalue weighted by atomic mass is 32.2. The van der Waals surface area contributed by atoms with Gasteiger partial charge >= 0.3 is 0 Å². The number of nitrogens with zero attached hydrogens (tertiary/aromatic N) is 2. The van der Waals surface area contributed by atoms with Crippen LogP contribution >= 0.6 is 0 Å². The lowest BCUT2D eigenvalue weighted by atomic mass is 9.91. The van der Waals surface area contributed by atoms with E-state index in [1.165, 1.54) is 4.90 Å². The number of allylic oxidation sites excluding steroid dienone is 2. The number of methoxy groups -OCH3 is 1. The average molecular weight is 697 g/mol. The fraction of sp³-hybridized carbons (Fsp3) is 0.611. The largest absolute Gasteiger partial charge is 0.496 e. The summed E-state index contributed by atoms with van der Waals surface area (Å²) in [5.74, 6) is -0.00293. The summed E-state index contributed by atoms with van der Waals surface area (Å²) in [5, 5.41) is 0.162. The summed E-state index contributed by atoms with van der Waals surface area (Å²) in [4.78, 5) is 48.0. The van der Waals surface area contributed by atoms with Crippen molar-refractivity contribution in [2.45, 2.75) is 115 Å². The molecule has 4 aliphatic rings. The second kappa shape index (κ2) is 13.9. The Bertz CT molecular complexity index is 1760. The van der Waals surface area contributed by atoms with Crippen molar-refractivity contribution in [3.63, 3.8) is 0 Å². The molecule has 3 heterocycles. The van der Waals surface area contributed by atoms with Gasteiger partial charge in [0.2, 0.25) is 27.7 Å². The number of carbonyl (C=O) groups is 3. The maximum atomic E-state index is 14.3. The van der Waals surface area contributed by atoms with E-state index in [0.29, 0.717) is 48.6 Å². The van der Waals surface area contributed by atoms with Crippen LogP contribution in [-0.2, 0) is 24.4 Å². The molecule has 2 aromatic rings. The first kappa shape index (κ1) is 35.1.